The monoisotopic (exact) mass is 278 g/mol. The molecule has 1 aliphatic carbocycles. The van der Waals surface area contributed by atoms with Gasteiger partial charge in [-0.15, -0.1) is 0 Å². The van der Waals surface area contributed by atoms with Gasteiger partial charge in [0.1, 0.15) is 12.4 Å². The highest BCUT2D eigenvalue weighted by atomic mass is 16.5. The lowest BCUT2D eigenvalue weighted by Crippen LogP contribution is -2.38. The van der Waals surface area contributed by atoms with E-state index in [2.05, 4.69) is 10.6 Å². The van der Waals surface area contributed by atoms with Crippen molar-refractivity contribution >= 4 is 11.6 Å². The Bertz CT molecular complexity index is 444. The molecule has 0 aliphatic heterocycles. The molecule has 5 heteroatoms. The molecule has 0 atom stereocenters. The van der Waals surface area contributed by atoms with Crippen molar-refractivity contribution in [3.05, 3.63) is 24.3 Å². The molecule has 0 radical (unpaired) electrons. The Labute approximate surface area is 119 Å². The van der Waals surface area contributed by atoms with Crippen LogP contribution in [0.1, 0.15) is 12.8 Å². The highest BCUT2D eigenvalue weighted by Crippen LogP contribution is 2.29. The van der Waals surface area contributed by atoms with Crippen molar-refractivity contribution in [2.24, 2.45) is 5.92 Å². The second-order valence-electron chi connectivity index (χ2n) is 5.11. The number of anilines is 1. The Balaban J connectivity index is 1.68. The standard InChI is InChI=1S/C15H22N2O3/c1-16-9-11-6-14(7-11)20-10-15(18)17-12-4-3-5-13(8-12)19-2/h3-5,8,11,14,16H,6-7,9-10H2,1-2H3,(H,17,18). The summed E-state index contributed by atoms with van der Waals surface area (Å²) in [6, 6.07) is 7.28. The fourth-order valence-electron chi connectivity index (χ4n) is 2.36. The van der Waals surface area contributed by atoms with Gasteiger partial charge in [-0.05, 0) is 44.5 Å². The van der Waals surface area contributed by atoms with Crippen LogP contribution in [0.25, 0.3) is 0 Å². The van der Waals surface area contributed by atoms with Crippen molar-refractivity contribution in [1.29, 1.82) is 0 Å². The summed E-state index contributed by atoms with van der Waals surface area (Å²) in [7, 11) is 3.55. The molecular formula is C15H22N2O3. The van der Waals surface area contributed by atoms with Crippen LogP contribution in [0, 0.1) is 5.92 Å². The second kappa shape index (κ2) is 7.26. The Hall–Kier alpha value is -1.59. The van der Waals surface area contributed by atoms with Gasteiger partial charge in [0.05, 0.1) is 13.2 Å². The lowest BCUT2D eigenvalue weighted by molar-refractivity contribution is -0.125. The van der Waals surface area contributed by atoms with Gasteiger partial charge in [0.15, 0.2) is 0 Å². The number of benzene rings is 1. The van der Waals surface area contributed by atoms with Crippen LogP contribution in [0.5, 0.6) is 5.75 Å². The van der Waals surface area contributed by atoms with Crippen molar-refractivity contribution in [1.82, 2.24) is 5.32 Å². The Morgan fingerprint density at radius 2 is 2.20 bits per heavy atom. The molecular weight excluding hydrogens is 256 g/mol. The summed E-state index contributed by atoms with van der Waals surface area (Å²) in [6.45, 7) is 1.13. The summed E-state index contributed by atoms with van der Waals surface area (Å²) in [5.74, 6) is 1.28. The van der Waals surface area contributed by atoms with Gasteiger partial charge in [-0.2, -0.15) is 0 Å². The van der Waals surface area contributed by atoms with E-state index >= 15 is 0 Å². The van der Waals surface area contributed by atoms with E-state index < -0.39 is 0 Å². The van der Waals surface area contributed by atoms with Gasteiger partial charge in [-0.25, -0.2) is 0 Å². The van der Waals surface area contributed by atoms with Crippen molar-refractivity contribution in [2.75, 3.05) is 32.6 Å². The maximum atomic E-state index is 11.8. The quantitative estimate of drug-likeness (QED) is 0.796. The summed E-state index contributed by atoms with van der Waals surface area (Å²) >= 11 is 0. The van der Waals surface area contributed by atoms with Gasteiger partial charge < -0.3 is 20.1 Å². The summed E-state index contributed by atoms with van der Waals surface area (Å²) in [4.78, 5) is 11.8. The molecule has 0 aromatic heterocycles. The molecule has 0 spiro atoms. The molecule has 20 heavy (non-hydrogen) atoms. The first kappa shape index (κ1) is 14.8. The van der Waals surface area contributed by atoms with Crippen molar-refractivity contribution in [2.45, 2.75) is 18.9 Å². The van der Waals surface area contributed by atoms with Crippen molar-refractivity contribution in [3.8, 4) is 5.75 Å². The molecule has 1 saturated carbocycles. The van der Waals surface area contributed by atoms with Crippen LogP contribution in [0.3, 0.4) is 0 Å². The third-order valence-electron chi connectivity index (χ3n) is 3.49. The summed E-state index contributed by atoms with van der Waals surface area (Å²) in [5, 5.41) is 5.95. The van der Waals surface area contributed by atoms with E-state index in [4.69, 9.17) is 9.47 Å². The summed E-state index contributed by atoms with van der Waals surface area (Å²) < 4.78 is 10.7. The number of nitrogens with one attached hydrogen (secondary N) is 2. The number of amides is 1. The number of ether oxygens (including phenoxy) is 2. The highest BCUT2D eigenvalue weighted by molar-refractivity contribution is 5.91. The van der Waals surface area contributed by atoms with Crippen molar-refractivity contribution < 1.29 is 14.3 Å². The zero-order valence-corrected chi connectivity index (χ0v) is 12.0. The zero-order chi connectivity index (χ0) is 14.4. The van der Waals surface area contributed by atoms with Crippen molar-refractivity contribution in [3.63, 3.8) is 0 Å². The van der Waals surface area contributed by atoms with Crippen LogP contribution in [-0.2, 0) is 9.53 Å². The largest absolute Gasteiger partial charge is 0.497 e. The van der Waals surface area contributed by atoms with E-state index in [1.165, 1.54) is 0 Å². The Morgan fingerprint density at radius 3 is 2.90 bits per heavy atom. The average Bonchev–Trinajstić information content (AvgIpc) is 2.41. The fraction of sp³-hybridized carbons (Fsp3) is 0.533. The van der Waals surface area contributed by atoms with E-state index in [9.17, 15) is 4.79 Å². The topological polar surface area (TPSA) is 59.6 Å². The normalized spacial score (nSPS) is 21.1. The molecule has 1 aliphatic rings. The van der Waals surface area contributed by atoms with E-state index in [0.29, 0.717) is 5.92 Å². The van der Waals surface area contributed by atoms with Crippen LogP contribution in [0.15, 0.2) is 24.3 Å². The van der Waals surface area contributed by atoms with E-state index in [-0.39, 0.29) is 18.6 Å². The maximum Gasteiger partial charge on any atom is 0.250 e. The number of carbonyl (C=O) groups is 1. The fourth-order valence-corrected chi connectivity index (χ4v) is 2.36. The van der Waals surface area contributed by atoms with Crippen LogP contribution < -0.4 is 15.4 Å². The first-order valence-electron chi connectivity index (χ1n) is 6.91. The molecule has 110 valence electrons. The average molecular weight is 278 g/mol. The maximum absolute atomic E-state index is 11.8. The molecule has 0 unspecified atom stereocenters. The number of rotatable bonds is 7. The number of methoxy groups -OCH3 is 1. The molecule has 0 heterocycles. The van der Waals surface area contributed by atoms with Crippen LogP contribution in [-0.4, -0.2) is 39.3 Å². The third-order valence-corrected chi connectivity index (χ3v) is 3.49. The third kappa shape index (κ3) is 4.21. The van der Waals surface area contributed by atoms with E-state index in [1.54, 1.807) is 13.2 Å². The van der Waals surface area contributed by atoms with Crippen LogP contribution in [0.4, 0.5) is 5.69 Å². The Kier molecular flexibility index (Phi) is 5.38. The predicted octanol–water partition coefficient (Wildman–Crippen LogP) is 1.65. The van der Waals surface area contributed by atoms with Crippen LogP contribution in [0.2, 0.25) is 0 Å². The number of hydrogen-bond acceptors (Lipinski definition) is 4. The van der Waals surface area contributed by atoms with E-state index in [0.717, 1.165) is 30.8 Å². The predicted molar refractivity (Wildman–Crippen MR) is 78.0 cm³/mol. The minimum atomic E-state index is -0.129. The SMILES string of the molecule is CNCC1CC(OCC(=O)Nc2cccc(OC)c2)C1. The van der Waals surface area contributed by atoms with E-state index in [1.807, 2.05) is 25.2 Å². The first-order chi connectivity index (χ1) is 9.71. The highest BCUT2D eigenvalue weighted by Gasteiger charge is 2.29. The first-order valence-corrected chi connectivity index (χ1v) is 6.91. The summed E-state index contributed by atoms with van der Waals surface area (Å²) in [5.41, 5.74) is 0.722. The molecule has 1 amide bonds. The summed E-state index contributed by atoms with van der Waals surface area (Å²) in [6.07, 6.45) is 2.30. The van der Waals surface area contributed by atoms with Crippen LogP contribution >= 0.6 is 0 Å². The molecule has 5 nitrogen and oxygen atoms in total. The molecule has 2 N–H and O–H groups in total. The number of hydrogen-bond donors (Lipinski definition) is 2. The molecule has 0 bridgehead atoms. The van der Waals surface area contributed by atoms with Gasteiger partial charge in [0, 0.05) is 11.8 Å². The van der Waals surface area contributed by atoms with Gasteiger partial charge in [0.25, 0.3) is 0 Å². The minimum absolute atomic E-state index is 0.105. The zero-order valence-electron chi connectivity index (χ0n) is 12.0. The van der Waals surface area contributed by atoms with Gasteiger partial charge in [0.2, 0.25) is 5.91 Å². The molecule has 0 saturated heterocycles. The smallest absolute Gasteiger partial charge is 0.250 e. The van der Waals surface area contributed by atoms with Gasteiger partial charge >= 0.3 is 0 Å². The second-order valence-corrected chi connectivity index (χ2v) is 5.11. The molecule has 2 rings (SSSR count). The number of carbonyl (C=O) groups excluding carboxylic acids is 1. The lowest BCUT2D eigenvalue weighted by Gasteiger charge is -2.34. The molecule has 1 aromatic rings. The molecule has 1 fully saturated rings. The van der Waals surface area contributed by atoms with Gasteiger partial charge in [-0.3, -0.25) is 4.79 Å². The Morgan fingerprint density at radius 1 is 1.40 bits per heavy atom. The van der Waals surface area contributed by atoms with Gasteiger partial charge in [-0.1, -0.05) is 6.07 Å². The minimum Gasteiger partial charge on any atom is -0.497 e. The lowest BCUT2D eigenvalue weighted by atomic mass is 9.82. The molecule has 1 aromatic carbocycles.